The zero-order valence-corrected chi connectivity index (χ0v) is 24.9. The van der Waals surface area contributed by atoms with Gasteiger partial charge in [0.1, 0.15) is 24.0 Å². The van der Waals surface area contributed by atoms with Crippen LogP contribution in [-0.4, -0.2) is 46.8 Å². The van der Waals surface area contributed by atoms with Crippen molar-refractivity contribution in [2.75, 3.05) is 19.8 Å². The first-order valence-electron chi connectivity index (χ1n) is 12.8. The molecule has 3 aromatic rings. The van der Waals surface area contributed by atoms with Crippen LogP contribution in [0.3, 0.4) is 0 Å². The second-order valence-corrected chi connectivity index (χ2v) is 10.9. The quantitative estimate of drug-likeness (QED) is 0.205. The molecule has 0 aromatic heterocycles. The van der Waals surface area contributed by atoms with Gasteiger partial charge in [0, 0.05) is 5.56 Å². The van der Waals surface area contributed by atoms with Gasteiger partial charge in [-0.2, -0.15) is 15.1 Å². The highest BCUT2D eigenvalue weighted by Crippen LogP contribution is 2.38. The van der Waals surface area contributed by atoms with E-state index in [2.05, 4.69) is 10.1 Å². The van der Waals surface area contributed by atoms with Crippen molar-refractivity contribution < 1.29 is 19.0 Å². The van der Waals surface area contributed by atoms with Crippen LogP contribution in [0, 0.1) is 19.3 Å². The maximum Gasteiger partial charge on any atom is 0.283 e. The molecule has 8 nitrogen and oxygen atoms in total. The number of halogens is 2. The summed E-state index contributed by atoms with van der Waals surface area (Å²) in [6.07, 6.45) is 1.54. The van der Waals surface area contributed by atoms with Crippen molar-refractivity contribution in [2.24, 2.45) is 10.1 Å². The van der Waals surface area contributed by atoms with Crippen LogP contribution < -0.4 is 14.2 Å². The van der Waals surface area contributed by atoms with Crippen molar-refractivity contribution in [2.45, 2.75) is 20.8 Å². The number of hydrogen-bond donors (Lipinski definition) is 1. The topological polar surface area (TPSA) is 96.6 Å². The minimum absolute atomic E-state index is 0.0627. The van der Waals surface area contributed by atoms with Crippen LogP contribution in [0.2, 0.25) is 10.0 Å². The molecule has 0 unspecified atom stereocenters. The number of amides is 1. The van der Waals surface area contributed by atoms with Crippen LogP contribution in [0.1, 0.15) is 29.2 Å². The van der Waals surface area contributed by atoms with E-state index in [-0.39, 0.29) is 18.0 Å². The van der Waals surface area contributed by atoms with E-state index in [1.165, 1.54) is 16.8 Å². The fourth-order valence-corrected chi connectivity index (χ4v) is 5.78. The molecule has 0 radical (unpaired) electrons. The van der Waals surface area contributed by atoms with E-state index in [1.54, 1.807) is 24.3 Å². The highest BCUT2D eigenvalue weighted by Gasteiger charge is 2.36. The monoisotopic (exact) mass is 608 g/mol. The molecular weight excluding hydrogens is 583 g/mol. The molecular formula is C30H26Cl2N4O4S. The van der Waals surface area contributed by atoms with E-state index in [0.717, 1.165) is 16.9 Å². The van der Waals surface area contributed by atoms with E-state index in [1.807, 2.05) is 57.2 Å². The molecule has 210 valence electrons. The van der Waals surface area contributed by atoms with Gasteiger partial charge in [-0.15, -0.1) is 0 Å². The van der Waals surface area contributed by atoms with Crippen LogP contribution in [0.5, 0.6) is 17.2 Å². The number of thioether (sulfide) groups is 1. The minimum Gasteiger partial charge on any atom is -0.490 e. The third-order valence-corrected chi connectivity index (χ3v) is 7.74. The number of ether oxygens (including phenoxy) is 3. The van der Waals surface area contributed by atoms with Crippen molar-refractivity contribution in [3.8, 4) is 17.2 Å². The molecule has 3 aromatic carbocycles. The number of nitrogens with zero attached hydrogens (tertiary/aromatic N) is 3. The van der Waals surface area contributed by atoms with Gasteiger partial charge in [-0.3, -0.25) is 10.2 Å². The zero-order valence-electron chi connectivity index (χ0n) is 22.5. The molecule has 5 rings (SSSR count). The SMILES string of the molecule is CCOc1cc(C=C2C(=N)N3N=C(c4ccccc4Cl)SC3=NC2=O)cc(Cl)c1OCCOc1c(C)cccc1C. The first kappa shape index (κ1) is 28.7. The predicted molar refractivity (Wildman–Crippen MR) is 165 cm³/mol. The van der Waals surface area contributed by atoms with Crippen molar-refractivity contribution in [1.29, 1.82) is 5.41 Å². The molecule has 1 N–H and O–H groups in total. The fraction of sp³-hybridized carbons (Fsp3) is 0.200. The second kappa shape index (κ2) is 12.4. The van der Waals surface area contributed by atoms with E-state index in [0.29, 0.717) is 56.1 Å². The summed E-state index contributed by atoms with van der Waals surface area (Å²) >= 11 is 14.1. The number of benzene rings is 3. The Morgan fingerprint density at radius 2 is 1.66 bits per heavy atom. The van der Waals surface area contributed by atoms with Crippen molar-refractivity contribution in [1.82, 2.24) is 5.01 Å². The summed E-state index contributed by atoms with van der Waals surface area (Å²) < 4.78 is 17.7. The van der Waals surface area contributed by atoms with Gasteiger partial charge < -0.3 is 14.2 Å². The van der Waals surface area contributed by atoms with Gasteiger partial charge in [0.2, 0.25) is 5.17 Å². The number of aryl methyl sites for hydroxylation is 2. The Labute approximate surface area is 252 Å². The predicted octanol–water partition coefficient (Wildman–Crippen LogP) is 7.13. The van der Waals surface area contributed by atoms with Crippen LogP contribution in [0.4, 0.5) is 0 Å². The van der Waals surface area contributed by atoms with Crippen LogP contribution >= 0.6 is 35.0 Å². The van der Waals surface area contributed by atoms with Crippen LogP contribution in [0.15, 0.2) is 70.3 Å². The molecule has 0 aliphatic carbocycles. The number of rotatable bonds is 9. The first-order valence-corrected chi connectivity index (χ1v) is 14.4. The van der Waals surface area contributed by atoms with E-state index in [9.17, 15) is 4.79 Å². The first-order chi connectivity index (χ1) is 19.8. The summed E-state index contributed by atoms with van der Waals surface area (Å²) in [5.74, 6) is 0.957. The van der Waals surface area contributed by atoms with Crippen molar-refractivity contribution in [3.05, 3.63) is 92.5 Å². The number of nitrogens with one attached hydrogen (secondary N) is 1. The largest absolute Gasteiger partial charge is 0.490 e. The second-order valence-electron chi connectivity index (χ2n) is 9.09. The lowest BCUT2D eigenvalue weighted by molar-refractivity contribution is -0.114. The smallest absolute Gasteiger partial charge is 0.283 e. The van der Waals surface area contributed by atoms with Gasteiger partial charge in [-0.25, -0.2) is 0 Å². The fourth-order valence-electron chi connectivity index (χ4n) is 4.29. The van der Waals surface area contributed by atoms with Gasteiger partial charge in [0.25, 0.3) is 5.91 Å². The molecule has 2 heterocycles. The number of hydrogen-bond acceptors (Lipinski definition) is 7. The lowest BCUT2D eigenvalue weighted by Gasteiger charge is -2.20. The van der Waals surface area contributed by atoms with E-state index >= 15 is 0 Å². The Morgan fingerprint density at radius 3 is 2.37 bits per heavy atom. The summed E-state index contributed by atoms with van der Waals surface area (Å²) in [5, 5.41) is 16.2. The Balaban J connectivity index is 1.35. The van der Waals surface area contributed by atoms with Crippen molar-refractivity contribution >= 4 is 63.0 Å². The maximum atomic E-state index is 12.9. The summed E-state index contributed by atoms with van der Waals surface area (Å²) in [6, 6.07) is 16.6. The normalized spacial score (nSPS) is 15.5. The minimum atomic E-state index is -0.553. The highest BCUT2D eigenvalue weighted by atomic mass is 35.5. The Morgan fingerprint density at radius 1 is 0.951 bits per heavy atom. The van der Waals surface area contributed by atoms with E-state index < -0.39 is 5.91 Å². The summed E-state index contributed by atoms with van der Waals surface area (Å²) in [6.45, 7) is 6.77. The van der Waals surface area contributed by atoms with Gasteiger partial charge in [0.15, 0.2) is 17.3 Å². The third-order valence-electron chi connectivity index (χ3n) is 6.19. The van der Waals surface area contributed by atoms with Gasteiger partial charge in [-0.05, 0) is 73.5 Å². The van der Waals surface area contributed by atoms with Crippen LogP contribution in [0.25, 0.3) is 6.08 Å². The molecule has 1 amide bonds. The zero-order chi connectivity index (χ0) is 29.1. The molecule has 0 atom stereocenters. The van der Waals surface area contributed by atoms with Gasteiger partial charge in [-0.1, -0.05) is 59.6 Å². The number of hydrazone groups is 1. The average Bonchev–Trinajstić information content (AvgIpc) is 3.36. The number of carbonyl (C=O) groups is 1. The summed E-state index contributed by atoms with van der Waals surface area (Å²) in [7, 11) is 0. The molecule has 0 bridgehead atoms. The Bertz CT molecular complexity index is 1620. The van der Waals surface area contributed by atoms with E-state index in [4.69, 9.17) is 42.8 Å². The van der Waals surface area contributed by atoms with Gasteiger partial charge in [0.05, 0.1) is 22.2 Å². The highest BCUT2D eigenvalue weighted by molar-refractivity contribution is 8.27. The average molecular weight is 610 g/mol. The number of aliphatic imine (C=N–C) groups is 1. The number of amidine groups is 2. The molecule has 0 saturated heterocycles. The number of carbonyl (C=O) groups excluding carboxylic acids is 1. The molecule has 41 heavy (non-hydrogen) atoms. The summed E-state index contributed by atoms with van der Waals surface area (Å²) in [4.78, 5) is 17.1. The number of para-hydroxylation sites is 1. The summed E-state index contributed by atoms with van der Waals surface area (Å²) in [5.41, 5.74) is 3.41. The molecule has 0 spiro atoms. The molecule has 2 aliphatic rings. The number of fused-ring (bicyclic) bond motifs is 1. The molecule has 2 aliphatic heterocycles. The third kappa shape index (κ3) is 6.12. The van der Waals surface area contributed by atoms with Crippen molar-refractivity contribution in [3.63, 3.8) is 0 Å². The van der Waals surface area contributed by atoms with Gasteiger partial charge >= 0.3 is 0 Å². The Kier molecular flexibility index (Phi) is 8.68. The van der Waals surface area contributed by atoms with Crippen LogP contribution in [-0.2, 0) is 4.79 Å². The molecule has 11 heteroatoms. The Hall–Kier alpha value is -3.79. The molecule has 0 saturated carbocycles. The lowest BCUT2D eigenvalue weighted by atomic mass is 10.1. The molecule has 0 fully saturated rings. The lowest BCUT2D eigenvalue weighted by Crippen LogP contribution is -2.35. The standard InChI is InChI=1S/C30H26Cl2N4O4S/c1-4-38-24-16-19(15-23(32)26(24)40-13-12-39-25-17(2)8-7-9-18(25)3)14-21-27(33)36-30(34-28(21)37)41-29(35-36)20-10-5-6-11-22(20)31/h5-11,14-16,33H,4,12-13H2,1-3H3. The maximum absolute atomic E-state index is 12.9.